The molecule has 0 fully saturated rings. The van der Waals surface area contributed by atoms with Crippen LogP contribution in [0.25, 0.3) is 0 Å². The number of carbonyl (C=O) groups excluding carboxylic acids is 1. The lowest BCUT2D eigenvalue weighted by Gasteiger charge is -2.22. The predicted molar refractivity (Wildman–Crippen MR) is 116 cm³/mol. The van der Waals surface area contributed by atoms with Crippen LogP contribution >= 0.6 is 0 Å². The van der Waals surface area contributed by atoms with Crippen molar-refractivity contribution in [1.82, 2.24) is 0 Å². The number of aliphatic hydroxyl groups excluding tert-OH is 1. The van der Waals surface area contributed by atoms with Gasteiger partial charge < -0.3 is 14.6 Å². The van der Waals surface area contributed by atoms with Crippen LogP contribution in [0.4, 0.5) is 0 Å². The lowest BCUT2D eigenvalue weighted by Crippen LogP contribution is -2.22. The Morgan fingerprint density at radius 2 is 1.57 bits per heavy atom. The Labute approximate surface area is 179 Å². The summed E-state index contributed by atoms with van der Waals surface area (Å²) in [4.78, 5) is 12.7. The number of methoxy groups -OCH3 is 2. The summed E-state index contributed by atoms with van der Waals surface area (Å²) in [6.07, 6.45) is 8.21. The minimum atomic E-state index is -0.979. The Bertz CT molecular complexity index is 917. The fourth-order valence-electron chi connectivity index (χ4n) is 5.10. The summed E-state index contributed by atoms with van der Waals surface area (Å²) in [5, 5.41) is 10.4. The van der Waals surface area contributed by atoms with E-state index in [-0.39, 0.29) is 11.9 Å². The van der Waals surface area contributed by atoms with E-state index in [9.17, 15) is 9.90 Å². The van der Waals surface area contributed by atoms with Gasteiger partial charge in [0.05, 0.1) is 13.0 Å². The summed E-state index contributed by atoms with van der Waals surface area (Å²) in [5.41, 5.74) is 8.43. The number of ether oxygens (including phenoxy) is 2. The number of fused-ring (bicyclic) bond motifs is 2. The molecular formula is C26H32O4. The van der Waals surface area contributed by atoms with Crippen LogP contribution in [0.1, 0.15) is 64.5 Å². The Hall–Kier alpha value is -2.17. The average Bonchev–Trinajstić information content (AvgIpc) is 3.24. The van der Waals surface area contributed by atoms with E-state index >= 15 is 0 Å². The maximum absolute atomic E-state index is 12.7. The number of benzene rings is 2. The first-order chi connectivity index (χ1) is 14.6. The molecule has 0 spiro atoms. The molecule has 2 aromatic rings. The van der Waals surface area contributed by atoms with Gasteiger partial charge in [0, 0.05) is 12.7 Å². The zero-order chi connectivity index (χ0) is 21.1. The van der Waals surface area contributed by atoms with Crippen molar-refractivity contribution in [3.8, 4) is 0 Å². The molecule has 0 bridgehead atoms. The highest BCUT2D eigenvalue weighted by Gasteiger charge is 2.26. The van der Waals surface area contributed by atoms with E-state index < -0.39 is 6.29 Å². The van der Waals surface area contributed by atoms with Crippen LogP contribution in [-0.4, -0.2) is 25.3 Å². The highest BCUT2D eigenvalue weighted by atomic mass is 16.6. The molecule has 0 radical (unpaired) electrons. The second-order valence-electron chi connectivity index (χ2n) is 8.70. The molecule has 160 valence electrons. The summed E-state index contributed by atoms with van der Waals surface area (Å²) in [6.45, 7) is 0. The molecule has 1 N–H and O–H groups in total. The van der Waals surface area contributed by atoms with Crippen molar-refractivity contribution < 1.29 is 19.4 Å². The molecule has 2 atom stereocenters. The molecule has 0 saturated carbocycles. The summed E-state index contributed by atoms with van der Waals surface area (Å²) in [6, 6.07) is 10.9. The molecule has 4 nitrogen and oxygen atoms in total. The first kappa shape index (κ1) is 21.1. The number of aliphatic hydroxyl groups is 1. The average molecular weight is 409 g/mol. The third-order valence-electron chi connectivity index (χ3n) is 6.74. The quantitative estimate of drug-likeness (QED) is 0.549. The third kappa shape index (κ3) is 4.45. The van der Waals surface area contributed by atoms with Crippen molar-refractivity contribution in [1.29, 1.82) is 0 Å². The molecule has 0 saturated heterocycles. The summed E-state index contributed by atoms with van der Waals surface area (Å²) < 4.78 is 10.4. The first-order valence-electron chi connectivity index (χ1n) is 11.1. The van der Waals surface area contributed by atoms with Gasteiger partial charge in [-0.25, -0.2) is 0 Å². The van der Waals surface area contributed by atoms with Gasteiger partial charge in [-0.2, -0.15) is 0 Å². The van der Waals surface area contributed by atoms with Crippen molar-refractivity contribution in [2.45, 2.75) is 64.1 Å². The number of rotatable bonds is 7. The monoisotopic (exact) mass is 408 g/mol. The standard InChI is InChI=1S/C26H32O4/c1-29-25(27)23(13-17-10-11-18-6-3-4-7-19(18)12-17)15-22-14-20-8-5-9-21(20)16-24(22)26(28)30-2/h10-12,14,16,23,26,28H,3-9,13,15H2,1-2H3. The van der Waals surface area contributed by atoms with E-state index in [0.29, 0.717) is 12.8 Å². The fraction of sp³-hybridized carbons (Fsp3) is 0.500. The van der Waals surface area contributed by atoms with Crippen LogP contribution in [0, 0.1) is 5.92 Å². The van der Waals surface area contributed by atoms with Crippen molar-refractivity contribution in [3.63, 3.8) is 0 Å². The van der Waals surface area contributed by atoms with Gasteiger partial charge in [0.15, 0.2) is 6.29 Å². The maximum Gasteiger partial charge on any atom is 0.309 e. The molecule has 2 aliphatic rings. The van der Waals surface area contributed by atoms with Gasteiger partial charge >= 0.3 is 5.97 Å². The molecule has 2 aliphatic carbocycles. The molecular weight excluding hydrogens is 376 g/mol. The lowest BCUT2D eigenvalue weighted by molar-refractivity contribution is -0.145. The molecule has 2 unspecified atom stereocenters. The topological polar surface area (TPSA) is 55.8 Å². The number of esters is 1. The Morgan fingerprint density at radius 3 is 2.30 bits per heavy atom. The Kier molecular flexibility index (Phi) is 6.55. The van der Waals surface area contributed by atoms with Gasteiger partial charge in [-0.05, 0) is 91.2 Å². The second-order valence-corrected chi connectivity index (χ2v) is 8.70. The minimum Gasteiger partial charge on any atom is -0.469 e. The van der Waals surface area contributed by atoms with E-state index in [1.165, 1.54) is 54.9 Å². The first-order valence-corrected chi connectivity index (χ1v) is 11.1. The van der Waals surface area contributed by atoms with E-state index in [4.69, 9.17) is 9.47 Å². The Balaban J connectivity index is 1.62. The van der Waals surface area contributed by atoms with Crippen LogP contribution < -0.4 is 0 Å². The van der Waals surface area contributed by atoms with Gasteiger partial charge in [-0.3, -0.25) is 4.79 Å². The largest absolute Gasteiger partial charge is 0.469 e. The van der Waals surface area contributed by atoms with Crippen molar-refractivity contribution in [2.24, 2.45) is 5.92 Å². The summed E-state index contributed by atoms with van der Waals surface area (Å²) in [5.74, 6) is -0.495. The minimum absolute atomic E-state index is 0.203. The second kappa shape index (κ2) is 9.32. The summed E-state index contributed by atoms with van der Waals surface area (Å²) >= 11 is 0. The predicted octanol–water partition coefficient (Wildman–Crippen LogP) is 4.27. The summed E-state index contributed by atoms with van der Waals surface area (Å²) in [7, 11) is 2.96. The fourth-order valence-corrected chi connectivity index (χ4v) is 5.10. The van der Waals surface area contributed by atoms with Crippen molar-refractivity contribution in [3.05, 3.63) is 69.3 Å². The molecule has 0 aromatic heterocycles. The van der Waals surface area contributed by atoms with Crippen LogP contribution in [0.3, 0.4) is 0 Å². The van der Waals surface area contributed by atoms with E-state index in [1.54, 1.807) is 0 Å². The van der Waals surface area contributed by atoms with Crippen LogP contribution in [0.2, 0.25) is 0 Å². The van der Waals surface area contributed by atoms with Gasteiger partial charge in [-0.15, -0.1) is 0 Å². The highest BCUT2D eigenvalue weighted by Crippen LogP contribution is 2.32. The Morgan fingerprint density at radius 1 is 0.900 bits per heavy atom. The van der Waals surface area contributed by atoms with E-state index in [2.05, 4.69) is 30.3 Å². The van der Waals surface area contributed by atoms with E-state index in [1.807, 2.05) is 0 Å². The molecule has 4 rings (SSSR count). The molecule has 0 amide bonds. The van der Waals surface area contributed by atoms with Crippen molar-refractivity contribution >= 4 is 5.97 Å². The van der Waals surface area contributed by atoms with Gasteiger partial charge in [0.2, 0.25) is 0 Å². The van der Waals surface area contributed by atoms with Crippen LogP contribution in [0.5, 0.6) is 0 Å². The SMILES string of the molecule is COC(=O)C(Cc1ccc2c(c1)CCCC2)Cc1cc2c(cc1C(O)OC)CCC2. The number of aryl methyl sites for hydroxylation is 4. The normalized spacial score (nSPS) is 17.2. The number of carbonyl (C=O) groups is 1. The molecule has 0 aliphatic heterocycles. The zero-order valence-electron chi connectivity index (χ0n) is 18.1. The molecule has 4 heteroatoms. The third-order valence-corrected chi connectivity index (χ3v) is 6.74. The molecule has 30 heavy (non-hydrogen) atoms. The zero-order valence-corrected chi connectivity index (χ0v) is 18.1. The van der Waals surface area contributed by atoms with Gasteiger partial charge in [-0.1, -0.05) is 30.3 Å². The molecule has 2 aromatic carbocycles. The maximum atomic E-state index is 12.7. The van der Waals surface area contributed by atoms with Gasteiger partial charge in [0.25, 0.3) is 0 Å². The van der Waals surface area contributed by atoms with Gasteiger partial charge in [0.1, 0.15) is 0 Å². The van der Waals surface area contributed by atoms with E-state index in [0.717, 1.165) is 43.2 Å². The molecule has 0 heterocycles. The smallest absolute Gasteiger partial charge is 0.309 e. The number of hydrogen-bond donors (Lipinski definition) is 1. The van der Waals surface area contributed by atoms with Crippen molar-refractivity contribution in [2.75, 3.05) is 14.2 Å². The van der Waals surface area contributed by atoms with Crippen LogP contribution in [0.15, 0.2) is 30.3 Å². The van der Waals surface area contributed by atoms with Crippen LogP contribution in [-0.2, 0) is 52.8 Å². The highest BCUT2D eigenvalue weighted by molar-refractivity contribution is 5.73. The number of hydrogen-bond acceptors (Lipinski definition) is 4. The lowest BCUT2D eigenvalue weighted by atomic mass is 9.86.